The molecule has 0 saturated carbocycles. The fraction of sp³-hybridized carbons (Fsp3) is 0.167. The van der Waals surface area contributed by atoms with Gasteiger partial charge in [-0.15, -0.1) is 0 Å². The Hall–Kier alpha value is -2.46. The zero-order valence-electron chi connectivity index (χ0n) is 15.7. The molecule has 3 nitrogen and oxygen atoms in total. The van der Waals surface area contributed by atoms with Crippen molar-refractivity contribution in [1.29, 1.82) is 0 Å². The number of carbonyl (C=O) groups excluding carboxylic acids is 2. The minimum absolute atomic E-state index is 0.103. The van der Waals surface area contributed by atoms with Crippen molar-refractivity contribution in [2.45, 2.75) is 18.9 Å². The van der Waals surface area contributed by atoms with Crippen molar-refractivity contribution in [2.24, 2.45) is 0 Å². The summed E-state index contributed by atoms with van der Waals surface area (Å²) < 4.78 is 5.59. The van der Waals surface area contributed by atoms with Crippen molar-refractivity contribution in [3.05, 3.63) is 93.5 Å². The summed E-state index contributed by atoms with van der Waals surface area (Å²) in [5, 5.41) is 1.23. The normalized spacial score (nSPS) is 19.4. The van der Waals surface area contributed by atoms with Gasteiger partial charge in [0.15, 0.2) is 11.6 Å². The van der Waals surface area contributed by atoms with Gasteiger partial charge in [-0.05, 0) is 65.1 Å². The third-order valence-electron chi connectivity index (χ3n) is 5.20. The monoisotopic (exact) mass is 424 g/mol. The van der Waals surface area contributed by atoms with Crippen LogP contribution in [0.15, 0.2) is 66.7 Å². The first-order valence-corrected chi connectivity index (χ1v) is 9.99. The standard InChI is InChI=1S/C24H18Cl2O3/c1-14-2-3-17(15-4-8-18(25)9-5-15)12-20(14)22-21(27)13-29-24(23(22)28)16-6-10-19(26)11-7-16/h2-12,22,24H,13H2,1H3. The van der Waals surface area contributed by atoms with Gasteiger partial charge in [-0.2, -0.15) is 0 Å². The van der Waals surface area contributed by atoms with Gasteiger partial charge >= 0.3 is 0 Å². The number of hydrogen-bond acceptors (Lipinski definition) is 3. The lowest BCUT2D eigenvalue weighted by molar-refractivity contribution is -0.148. The van der Waals surface area contributed by atoms with Crippen LogP contribution in [0.25, 0.3) is 11.1 Å². The molecule has 5 heteroatoms. The Bertz CT molecular complexity index is 1070. The van der Waals surface area contributed by atoms with Gasteiger partial charge in [0, 0.05) is 10.0 Å². The largest absolute Gasteiger partial charge is 0.358 e. The molecule has 2 unspecified atom stereocenters. The maximum absolute atomic E-state index is 13.3. The number of ketones is 2. The number of benzene rings is 3. The summed E-state index contributed by atoms with van der Waals surface area (Å²) in [6.07, 6.45) is -0.784. The molecule has 0 spiro atoms. The molecule has 1 fully saturated rings. The number of ether oxygens (including phenoxy) is 1. The van der Waals surface area contributed by atoms with Crippen LogP contribution in [0.4, 0.5) is 0 Å². The van der Waals surface area contributed by atoms with Crippen LogP contribution in [0.2, 0.25) is 10.0 Å². The van der Waals surface area contributed by atoms with E-state index in [0.717, 1.165) is 22.3 Å². The maximum atomic E-state index is 13.3. The fourth-order valence-corrected chi connectivity index (χ4v) is 3.89. The summed E-state index contributed by atoms with van der Waals surface area (Å²) >= 11 is 11.9. The van der Waals surface area contributed by atoms with E-state index in [1.54, 1.807) is 24.3 Å². The van der Waals surface area contributed by atoms with E-state index in [1.165, 1.54) is 0 Å². The van der Waals surface area contributed by atoms with Gasteiger partial charge in [-0.1, -0.05) is 59.6 Å². The molecule has 1 heterocycles. The number of halogens is 2. The number of rotatable bonds is 3. The van der Waals surface area contributed by atoms with Crippen LogP contribution < -0.4 is 0 Å². The molecule has 0 bridgehead atoms. The van der Waals surface area contributed by atoms with Gasteiger partial charge in [0.2, 0.25) is 0 Å². The Morgan fingerprint density at radius 3 is 2.07 bits per heavy atom. The molecular weight excluding hydrogens is 407 g/mol. The number of carbonyl (C=O) groups is 2. The SMILES string of the molecule is Cc1ccc(-c2ccc(Cl)cc2)cc1C1C(=O)COC(c2ccc(Cl)cc2)C1=O. The Balaban J connectivity index is 1.72. The van der Waals surface area contributed by atoms with Crippen LogP contribution in [0.1, 0.15) is 28.7 Å². The van der Waals surface area contributed by atoms with Gasteiger partial charge in [0.05, 0.1) is 0 Å². The number of Topliss-reactive ketones (excluding diaryl/α,β-unsaturated/α-hetero) is 2. The lowest BCUT2D eigenvalue weighted by Crippen LogP contribution is -2.37. The molecule has 2 atom stereocenters. The molecule has 0 aromatic heterocycles. The van der Waals surface area contributed by atoms with Crippen molar-refractivity contribution >= 4 is 34.8 Å². The minimum Gasteiger partial charge on any atom is -0.358 e. The highest BCUT2D eigenvalue weighted by atomic mass is 35.5. The second-order valence-electron chi connectivity index (χ2n) is 7.12. The predicted octanol–water partition coefficient (Wildman–Crippen LogP) is 5.96. The molecule has 3 aromatic rings. The lowest BCUT2D eigenvalue weighted by atomic mass is 9.81. The van der Waals surface area contributed by atoms with Gasteiger partial charge < -0.3 is 4.74 Å². The van der Waals surface area contributed by atoms with Crippen LogP contribution in [0.3, 0.4) is 0 Å². The Morgan fingerprint density at radius 1 is 0.828 bits per heavy atom. The van der Waals surface area contributed by atoms with Crippen LogP contribution in [-0.4, -0.2) is 18.2 Å². The van der Waals surface area contributed by atoms with Gasteiger partial charge in [-0.25, -0.2) is 0 Å². The number of hydrogen-bond donors (Lipinski definition) is 0. The fourth-order valence-electron chi connectivity index (χ4n) is 3.64. The van der Waals surface area contributed by atoms with E-state index in [9.17, 15) is 9.59 Å². The van der Waals surface area contributed by atoms with Gasteiger partial charge in [-0.3, -0.25) is 9.59 Å². The van der Waals surface area contributed by atoms with Crippen LogP contribution in [0, 0.1) is 6.92 Å². The Kier molecular flexibility index (Phi) is 5.55. The highest BCUT2D eigenvalue weighted by molar-refractivity contribution is 6.30. The second kappa shape index (κ2) is 8.11. The highest BCUT2D eigenvalue weighted by Crippen LogP contribution is 2.36. The van der Waals surface area contributed by atoms with Crippen molar-refractivity contribution in [2.75, 3.05) is 6.61 Å². The zero-order valence-corrected chi connectivity index (χ0v) is 17.2. The second-order valence-corrected chi connectivity index (χ2v) is 8.00. The molecule has 0 amide bonds. The topological polar surface area (TPSA) is 43.4 Å². The van der Waals surface area contributed by atoms with Crippen molar-refractivity contribution < 1.29 is 14.3 Å². The first-order chi connectivity index (χ1) is 13.9. The summed E-state index contributed by atoms with van der Waals surface area (Å²) in [5.74, 6) is -1.33. The molecule has 3 aromatic carbocycles. The molecule has 0 radical (unpaired) electrons. The summed E-state index contributed by atoms with van der Waals surface area (Å²) in [5.41, 5.74) is 4.21. The highest BCUT2D eigenvalue weighted by Gasteiger charge is 2.40. The summed E-state index contributed by atoms with van der Waals surface area (Å²) in [4.78, 5) is 26.0. The first kappa shape index (κ1) is 19.8. The summed E-state index contributed by atoms with van der Waals surface area (Å²) in [6.45, 7) is 1.81. The van der Waals surface area contributed by atoms with Crippen LogP contribution in [0.5, 0.6) is 0 Å². The predicted molar refractivity (Wildman–Crippen MR) is 115 cm³/mol. The smallest absolute Gasteiger partial charge is 0.181 e. The molecular formula is C24H18Cl2O3. The zero-order chi connectivity index (χ0) is 20.5. The van der Waals surface area contributed by atoms with Gasteiger partial charge in [0.25, 0.3) is 0 Å². The number of aryl methyl sites for hydroxylation is 1. The lowest BCUT2D eigenvalue weighted by Gasteiger charge is -2.29. The Labute approximate surface area is 179 Å². The van der Waals surface area contributed by atoms with E-state index in [4.69, 9.17) is 27.9 Å². The van der Waals surface area contributed by atoms with Crippen molar-refractivity contribution in [3.8, 4) is 11.1 Å². The first-order valence-electron chi connectivity index (χ1n) is 9.24. The summed E-state index contributed by atoms with van der Waals surface area (Å²) in [6, 6.07) is 20.3. The average Bonchev–Trinajstić information content (AvgIpc) is 2.71. The molecule has 1 aliphatic heterocycles. The minimum atomic E-state index is -0.850. The van der Waals surface area contributed by atoms with E-state index >= 15 is 0 Å². The van der Waals surface area contributed by atoms with Crippen molar-refractivity contribution in [1.82, 2.24) is 0 Å². The molecule has 1 saturated heterocycles. The average molecular weight is 425 g/mol. The molecule has 29 heavy (non-hydrogen) atoms. The quantitative estimate of drug-likeness (QED) is 0.486. The van der Waals surface area contributed by atoms with E-state index in [2.05, 4.69) is 0 Å². The van der Waals surface area contributed by atoms with E-state index in [1.807, 2.05) is 49.4 Å². The molecule has 1 aliphatic rings. The van der Waals surface area contributed by atoms with E-state index < -0.39 is 12.0 Å². The summed E-state index contributed by atoms with van der Waals surface area (Å²) in [7, 11) is 0. The van der Waals surface area contributed by atoms with Gasteiger partial charge in [0.1, 0.15) is 18.6 Å². The molecule has 146 valence electrons. The van der Waals surface area contributed by atoms with Crippen molar-refractivity contribution in [3.63, 3.8) is 0 Å². The van der Waals surface area contributed by atoms with Crippen LogP contribution >= 0.6 is 23.2 Å². The van der Waals surface area contributed by atoms with Crippen LogP contribution in [-0.2, 0) is 14.3 Å². The Morgan fingerprint density at radius 2 is 1.41 bits per heavy atom. The third-order valence-corrected chi connectivity index (χ3v) is 5.70. The third kappa shape index (κ3) is 3.99. The van der Waals surface area contributed by atoms with E-state index in [0.29, 0.717) is 15.6 Å². The van der Waals surface area contributed by atoms with E-state index in [-0.39, 0.29) is 18.2 Å². The maximum Gasteiger partial charge on any atom is 0.181 e. The molecule has 0 aliphatic carbocycles. The molecule has 0 N–H and O–H groups in total. The molecule has 4 rings (SSSR count).